The molecule has 0 aliphatic carbocycles. The molecule has 0 spiro atoms. The molecule has 88 valence electrons. The Balaban J connectivity index is 2.68. The molecule has 0 nitrogen and oxygen atoms in total. The number of hydrogen-bond acceptors (Lipinski definition) is 0. The first-order valence-electron chi connectivity index (χ1n) is 4.58. The van der Waals surface area contributed by atoms with E-state index in [-0.39, 0.29) is 20.6 Å². The number of hydrogen-bond donors (Lipinski definition) is 0. The molecule has 2 aromatic rings. The minimum atomic E-state index is -0.779. The number of halogens is 5. The van der Waals surface area contributed by atoms with Gasteiger partial charge in [-0.25, -0.2) is 13.2 Å². The molecule has 0 aliphatic heterocycles. The first-order chi connectivity index (χ1) is 7.97. The van der Waals surface area contributed by atoms with E-state index in [2.05, 4.69) is 15.9 Å². The summed E-state index contributed by atoms with van der Waals surface area (Å²) in [6.07, 6.45) is 0. The zero-order chi connectivity index (χ0) is 12.6. The van der Waals surface area contributed by atoms with Crippen LogP contribution in [0.5, 0.6) is 0 Å². The van der Waals surface area contributed by atoms with Crippen LogP contribution < -0.4 is 0 Å². The molecule has 17 heavy (non-hydrogen) atoms. The molecule has 0 N–H and O–H groups in total. The highest BCUT2D eigenvalue weighted by molar-refractivity contribution is 9.10. The Bertz CT molecular complexity index is 541. The van der Waals surface area contributed by atoms with Crippen LogP contribution in [0, 0.1) is 17.5 Å². The van der Waals surface area contributed by atoms with Crippen molar-refractivity contribution >= 4 is 27.5 Å². The van der Waals surface area contributed by atoms with Crippen molar-refractivity contribution in [3.8, 4) is 11.1 Å². The molecule has 0 radical (unpaired) electrons. The summed E-state index contributed by atoms with van der Waals surface area (Å²) < 4.78 is 40.6. The number of rotatable bonds is 1. The van der Waals surface area contributed by atoms with Crippen molar-refractivity contribution in [3.05, 3.63) is 57.3 Å². The average Bonchev–Trinajstić information content (AvgIpc) is 2.13. The second kappa shape index (κ2) is 4.70. The van der Waals surface area contributed by atoms with Crippen molar-refractivity contribution in [1.29, 1.82) is 0 Å². The van der Waals surface area contributed by atoms with Gasteiger partial charge in [-0.3, -0.25) is 0 Å². The van der Waals surface area contributed by atoms with E-state index >= 15 is 0 Å². The van der Waals surface area contributed by atoms with Gasteiger partial charge in [0.25, 0.3) is 0 Å². The molecule has 0 aliphatic rings. The molecule has 0 heterocycles. The van der Waals surface area contributed by atoms with Crippen LogP contribution in [0.3, 0.4) is 0 Å². The lowest BCUT2D eigenvalue weighted by atomic mass is 10.0. The van der Waals surface area contributed by atoms with Crippen LogP contribution in [0.2, 0.25) is 5.02 Å². The summed E-state index contributed by atoms with van der Waals surface area (Å²) in [6.45, 7) is 0. The zero-order valence-corrected chi connectivity index (χ0v) is 10.6. The zero-order valence-electron chi connectivity index (χ0n) is 8.28. The fourth-order valence-electron chi connectivity index (χ4n) is 1.52. The van der Waals surface area contributed by atoms with E-state index in [0.29, 0.717) is 0 Å². The molecule has 0 saturated carbocycles. The lowest BCUT2D eigenvalue weighted by molar-refractivity contribution is 0.587. The Kier molecular flexibility index (Phi) is 3.45. The van der Waals surface area contributed by atoms with Crippen molar-refractivity contribution in [2.24, 2.45) is 0 Å². The van der Waals surface area contributed by atoms with Crippen LogP contribution in [0.1, 0.15) is 0 Å². The molecule has 5 heteroatoms. The lowest BCUT2D eigenvalue weighted by Gasteiger charge is -2.07. The Morgan fingerprint density at radius 2 is 1.47 bits per heavy atom. The van der Waals surface area contributed by atoms with Crippen LogP contribution in [-0.4, -0.2) is 0 Å². The van der Waals surface area contributed by atoms with Crippen molar-refractivity contribution in [3.63, 3.8) is 0 Å². The van der Waals surface area contributed by atoms with Gasteiger partial charge in [0.2, 0.25) is 0 Å². The fourth-order valence-corrected chi connectivity index (χ4v) is 2.14. The third-order valence-electron chi connectivity index (χ3n) is 2.16. The van der Waals surface area contributed by atoms with Gasteiger partial charge in [0.1, 0.15) is 17.5 Å². The van der Waals surface area contributed by atoms with E-state index in [1.54, 1.807) is 0 Å². The van der Waals surface area contributed by atoms with Crippen LogP contribution in [0.15, 0.2) is 34.8 Å². The summed E-state index contributed by atoms with van der Waals surface area (Å²) in [5.41, 5.74) is -0.230. The molecule has 0 aromatic heterocycles. The molecular weight excluding hydrogens is 316 g/mol. The lowest BCUT2D eigenvalue weighted by Crippen LogP contribution is -1.91. The van der Waals surface area contributed by atoms with Gasteiger partial charge in [0.05, 0.1) is 5.56 Å². The van der Waals surface area contributed by atoms with Gasteiger partial charge in [0.15, 0.2) is 0 Å². The molecule has 0 saturated heterocycles. The molecule has 0 bridgehead atoms. The quantitative estimate of drug-likeness (QED) is 0.678. The Morgan fingerprint density at radius 3 is 2.00 bits per heavy atom. The molecule has 2 rings (SSSR count). The van der Waals surface area contributed by atoms with E-state index < -0.39 is 17.5 Å². The van der Waals surface area contributed by atoms with Crippen molar-refractivity contribution in [2.75, 3.05) is 0 Å². The average molecular weight is 322 g/mol. The van der Waals surface area contributed by atoms with Gasteiger partial charge >= 0.3 is 0 Å². The van der Waals surface area contributed by atoms with Crippen LogP contribution in [-0.2, 0) is 0 Å². The van der Waals surface area contributed by atoms with Gasteiger partial charge in [-0.1, -0.05) is 27.5 Å². The highest BCUT2D eigenvalue weighted by Crippen LogP contribution is 2.31. The molecular formula is C12H5BrClF3. The van der Waals surface area contributed by atoms with Crippen LogP contribution >= 0.6 is 27.5 Å². The molecule has 0 amide bonds. The van der Waals surface area contributed by atoms with E-state index in [0.717, 1.165) is 24.3 Å². The van der Waals surface area contributed by atoms with Gasteiger partial charge in [-0.15, -0.1) is 0 Å². The topological polar surface area (TPSA) is 0 Å². The Hall–Kier alpha value is -1.00. The van der Waals surface area contributed by atoms with E-state index in [1.807, 2.05) is 0 Å². The summed E-state index contributed by atoms with van der Waals surface area (Å²) in [4.78, 5) is 0. The number of benzene rings is 2. The standard InChI is InChI=1S/C12H5BrClF3/c13-7-3-10(16)12(11(17)4-7)6-1-8(14)5-9(15)2-6/h1-5H. The third-order valence-corrected chi connectivity index (χ3v) is 2.83. The maximum absolute atomic E-state index is 13.6. The molecule has 0 fully saturated rings. The second-order valence-corrected chi connectivity index (χ2v) is 4.75. The molecule has 2 aromatic carbocycles. The second-order valence-electron chi connectivity index (χ2n) is 3.40. The smallest absolute Gasteiger partial charge is 0.135 e. The van der Waals surface area contributed by atoms with Crippen molar-refractivity contribution in [1.82, 2.24) is 0 Å². The molecule has 0 unspecified atom stereocenters. The van der Waals surface area contributed by atoms with Crippen molar-refractivity contribution < 1.29 is 13.2 Å². The summed E-state index contributed by atoms with van der Waals surface area (Å²) in [6, 6.07) is 5.62. The maximum Gasteiger partial charge on any atom is 0.135 e. The summed E-state index contributed by atoms with van der Waals surface area (Å²) >= 11 is 8.61. The first-order valence-corrected chi connectivity index (χ1v) is 5.75. The van der Waals surface area contributed by atoms with E-state index in [9.17, 15) is 13.2 Å². The van der Waals surface area contributed by atoms with E-state index in [4.69, 9.17) is 11.6 Å². The minimum Gasteiger partial charge on any atom is -0.207 e. The fraction of sp³-hybridized carbons (Fsp3) is 0. The summed E-state index contributed by atoms with van der Waals surface area (Å²) in [7, 11) is 0. The Morgan fingerprint density at radius 1 is 0.882 bits per heavy atom. The highest BCUT2D eigenvalue weighted by Gasteiger charge is 2.14. The summed E-state index contributed by atoms with van der Waals surface area (Å²) in [5.74, 6) is -2.20. The molecule has 0 atom stereocenters. The monoisotopic (exact) mass is 320 g/mol. The van der Waals surface area contributed by atoms with E-state index in [1.165, 1.54) is 6.07 Å². The SMILES string of the molecule is Fc1cc(Cl)cc(-c2c(F)cc(Br)cc2F)c1. The van der Waals surface area contributed by atoms with Gasteiger partial charge < -0.3 is 0 Å². The Labute approximate surface area is 109 Å². The normalized spacial score (nSPS) is 10.6. The predicted octanol–water partition coefficient (Wildman–Crippen LogP) is 5.19. The van der Waals surface area contributed by atoms with Gasteiger partial charge in [-0.05, 0) is 35.9 Å². The van der Waals surface area contributed by atoms with Gasteiger partial charge in [-0.2, -0.15) is 0 Å². The maximum atomic E-state index is 13.6. The minimum absolute atomic E-state index is 0.0671. The van der Waals surface area contributed by atoms with Crippen molar-refractivity contribution in [2.45, 2.75) is 0 Å². The third kappa shape index (κ3) is 2.64. The summed E-state index contributed by atoms with van der Waals surface area (Å²) in [5, 5.41) is 0.0849. The van der Waals surface area contributed by atoms with Crippen LogP contribution in [0.25, 0.3) is 11.1 Å². The van der Waals surface area contributed by atoms with Crippen LogP contribution in [0.4, 0.5) is 13.2 Å². The highest BCUT2D eigenvalue weighted by atomic mass is 79.9. The largest absolute Gasteiger partial charge is 0.207 e. The predicted molar refractivity (Wildman–Crippen MR) is 64.5 cm³/mol. The van der Waals surface area contributed by atoms with Gasteiger partial charge in [0, 0.05) is 9.50 Å². The first kappa shape index (κ1) is 12.5.